The van der Waals surface area contributed by atoms with Gasteiger partial charge in [-0.1, -0.05) is 12.1 Å². The van der Waals surface area contributed by atoms with Crippen molar-refractivity contribution in [3.05, 3.63) is 35.4 Å². The number of carbonyl (C=O) groups is 3. The maximum Gasteiger partial charge on any atom is 0.261 e. The average molecular weight is 479 g/mol. The highest BCUT2D eigenvalue weighted by molar-refractivity contribution is 6.21. The summed E-state index contributed by atoms with van der Waals surface area (Å²) in [7, 11) is 0. The first-order valence-electron chi connectivity index (χ1n) is 11.8. The summed E-state index contributed by atoms with van der Waals surface area (Å²) in [6.45, 7) is 5.58. The fourth-order valence-electron chi connectivity index (χ4n) is 3.68. The van der Waals surface area contributed by atoms with Gasteiger partial charge in [-0.2, -0.15) is 0 Å². The van der Waals surface area contributed by atoms with E-state index in [1.165, 1.54) is 4.90 Å². The highest BCUT2D eigenvalue weighted by atomic mass is 16.6. The van der Waals surface area contributed by atoms with Gasteiger partial charge in [0.05, 0.1) is 77.2 Å². The number of imide groups is 1. The zero-order chi connectivity index (χ0) is 24.0. The predicted octanol–water partition coefficient (Wildman–Crippen LogP) is 0.988. The number of hydrogen-bond acceptors (Lipinski definition) is 8. The molecule has 10 heteroatoms. The normalized spacial score (nSPS) is 20.0. The van der Waals surface area contributed by atoms with Crippen LogP contribution in [-0.2, 0) is 28.5 Å². The van der Waals surface area contributed by atoms with Crippen molar-refractivity contribution >= 4 is 17.7 Å². The number of benzene rings is 1. The highest BCUT2D eigenvalue weighted by Crippen LogP contribution is 2.22. The second kappa shape index (κ2) is 14.8. The lowest BCUT2D eigenvalue weighted by Gasteiger charge is -2.23. The van der Waals surface area contributed by atoms with Crippen molar-refractivity contribution in [3.8, 4) is 0 Å². The van der Waals surface area contributed by atoms with Gasteiger partial charge in [0.2, 0.25) is 5.91 Å². The minimum absolute atomic E-state index is 0.0668. The van der Waals surface area contributed by atoms with E-state index in [9.17, 15) is 14.4 Å². The molecule has 0 aliphatic carbocycles. The van der Waals surface area contributed by atoms with Gasteiger partial charge in [-0.3, -0.25) is 19.3 Å². The molecule has 2 aliphatic rings. The Kier molecular flexibility index (Phi) is 11.4. The Morgan fingerprint density at radius 1 is 0.676 bits per heavy atom. The summed E-state index contributed by atoms with van der Waals surface area (Å²) in [6, 6.07) is 6.78. The van der Waals surface area contributed by atoms with Crippen LogP contribution < -0.4 is 0 Å². The Labute approximate surface area is 200 Å². The maximum absolute atomic E-state index is 12.8. The third-order valence-electron chi connectivity index (χ3n) is 5.50. The maximum atomic E-state index is 12.8. The van der Waals surface area contributed by atoms with Gasteiger partial charge in [0.1, 0.15) is 0 Å². The predicted molar refractivity (Wildman–Crippen MR) is 122 cm³/mol. The second-order valence-electron chi connectivity index (χ2n) is 7.85. The van der Waals surface area contributed by atoms with Crippen LogP contribution in [0, 0.1) is 0 Å². The lowest BCUT2D eigenvalue weighted by Crippen LogP contribution is -2.38. The van der Waals surface area contributed by atoms with Gasteiger partial charge >= 0.3 is 0 Å². The summed E-state index contributed by atoms with van der Waals surface area (Å²) in [4.78, 5) is 40.7. The zero-order valence-electron chi connectivity index (χ0n) is 19.6. The van der Waals surface area contributed by atoms with Crippen LogP contribution in [0.15, 0.2) is 24.3 Å². The molecule has 34 heavy (non-hydrogen) atoms. The molecule has 1 aromatic rings. The molecule has 1 saturated heterocycles. The average Bonchev–Trinajstić information content (AvgIpc) is 3.09. The number of nitrogens with zero attached hydrogens (tertiary/aromatic N) is 2. The molecule has 0 saturated carbocycles. The number of ether oxygens (including phenoxy) is 5. The first-order chi connectivity index (χ1) is 16.7. The third-order valence-corrected chi connectivity index (χ3v) is 5.50. The van der Waals surface area contributed by atoms with Crippen LogP contribution >= 0.6 is 0 Å². The summed E-state index contributed by atoms with van der Waals surface area (Å²) >= 11 is 0. The molecule has 3 amide bonds. The Morgan fingerprint density at radius 3 is 1.53 bits per heavy atom. The summed E-state index contributed by atoms with van der Waals surface area (Å²) < 4.78 is 27.5. The largest absolute Gasteiger partial charge is 0.377 e. The van der Waals surface area contributed by atoms with Crippen LogP contribution in [-0.4, -0.2) is 113 Å². The molecule has 0 N–H and O–H groups in total. The van der Waals surface area contributed by atoms with Gasteiger partial charge < -0.3 is 28.6 Å². The minimum Gasteiger partial charge on any atom is -0.377 e. The number of carbonyl (C=O) groups excluding carboxylic acids is 3. The van der Waals surface area contributed by atoms with Crippen LogP contribution in [0.4, 0.5) is 0 Å². The molecule has 10 nitrogen and oxygen atoms in total. The van der Waals surface area contributed by atoms with Gasteiger partial charge in [-0.25, -0.2) is 0 Å². The lowest BCUT2D eigenvalue weighted by molar-refractivity contribution is -0.133. The Balaban J connectivity index is 1.43. The topological polar surface area (TPSA) is 104 Å². The van der Waals surface area contributed by atoms with Gasteiger partial charge in [-0.15, -0.1) is 0 Å². The van der Waals surface area contributed by atoms with Crippen LogP contribution in [0.25, 0.3) is 0 Å². The summed E-state index contributed by atoms with van der Waals surface area (Å²) in [5.74, 6) is -0.674. The number of rotatable bonds is 4. The second-order valence-corrected chi connectivity index (χ2v) is 7.85. The van der Waals surface area contributed by atoms with Gasteiger partial charge in [0.25, 0.3) is 11.8 Å². The van der Waals surface area contributed by atoms with Crippen molar-refractivity contribution in [2.75, 3.05) is 85.7 Å². The first kappa shape index (κ1) is 26.2. The Bertz CT molecular complexity index is 750. The molecule has 188 valence electrons. The summed E-state index contributed by atoms with van der Waals surface area (Å²) in [6.07, 6.45) is 0.617. The summed E-state index contributed by atoms with van der Waals surface area (Å²) in [5, 5.41) is 0. The van der Waals surface area contributed by atoms with Crippen LogP contribution in [0.3, 0.4) is 0 Å². The smallest absolute Gasteiger partial charge is 0.261 e. The number of hydrogen-bond donors (Lipinski definition) is 0. The molecule has 0 aromatic heterocycles. The fourth-order valence-corrected chi connectivity index (χ4v) is 3.68. The molecule has 2 heterocycles. The molecule has 0 spiro atoms. The van der Waals surface area contributed by atoms with Gasteiger partial charge in [0.15, 0.2) is 0 Å². The number of amides is 3. The fraction of sp³-hybridized carbons (Fsp3) is 0.625. The van der Waals surface area contributed by atoms with E-state index >= 15 is 0 Å². The van der Waals surface area contributed by atoms with Crippen molar-refractivity contribution in [2.45, 2.75) is 12.8 Å². The van der Waals surface area contributed by atoms with E-state index in [0.29, 0.717) is 96.7 Å². The van der Waals surface area contributed by atoms with Crippen molar-refractivity contribution in [1.82, 2.24) is 9.80 Å². The monoisotopic (exact) mass is 478 g/mol. The molecule has 0 radical (unpaired) electrons. The molecule has 2 aliphatic heterocycles. The van der Waals surface area contributed by atoms with E-state index in [1.54, 1.807) is 29.2 Å². The van der Waals surface area contributed by atoms with Crippen LogP contribution in [0.2, 0.25) is 0 Å². The van der Waals surface area contributed by atoms with Crippen molar-refractivity contribution in [1.29, 1.82) is 0 Å². The van der Waals surface area contributed by atoms with Gasteiger partial charge in [0, 0.05) is 26.1 Å². The highest BCUT2D eigenvalue weighted by Gasteiger charge is 2.34. The number of fused-ring (bicyclic) bond motifs is 1. The lowest BCUT2D eigenvalue weighted by atomic mass is 10.1. The molecular formula is C24H34N2O8. The third kappa shape index (κ3) is 8.14. The van der Waals surface area contributed by atoms with Crippen molar-refractivity contribution in [3.63, 3.8) is 0 Å². The van der Waals surface area contributed by atoms with E-state index < -0.39 is 0 Å². The van der Waals surface area contributed by atoms with E-state index in [2.05, 4.69) is 0 Å². The molecular weight excluding hydrogens is 444 g/mol. The van der Waals surface area contributed by atoms with Crippen molar-refractivity contribution < 1.29 is 38.1 Å². The minimum atomic E-state index is -0.303. The molecule has 1 aromatic carbocycles. The quantitative estimate of drug-likeness (QED) is 0.590. The molecule has 3 rings (SSSR count). The zero-order valence-corrected chi connectivity index (χ0v) is 19.6. The Morgan fingerprint density at radius 2 is 1.09 bits per heavy atom. The summed E-state index contributed by atoms with van der Waals surface area (Å²) in [5.41, 5.74) is 0.836. The van der Waals surface area contributed by atoms with Crippen LogP contribution in [0.1, 0.15) is 33.6 Å². The van der Waals surface area contributed by atoms with Crippen molar-refractivity contribution in [2.24, 2.45) is 0 Å². The molecule has 0 atom stereocenters. The Hall–Kier alpha value is -2.37. The van der Waals surface area contributed by atoms with Gasteiger partial charge in [-0.05, 0) is 18.6 Å². The van der Waals surface area contributed by atoms with E-state index in [0.717, 1.165) is 0 Å². The van der Waals surface area contributed by atoms with E-state index in [-0.39, 0.29) is 30.7 Å². The standard InChI is InChI=1S/C24H34N2O8/c27-22(6-3-7-26-23(28)20-4-1-2-5-21(20)24(26)29)25-8-10-30-12-14-32-16-18-34-19-17-33-15-13-31-11-9-25/h1-2,4-5H,3,6-19H2. The molecule has 0 unspecified atom stereocenters. The van der Waals surface area contributed by atoms with Crippen LogP contribution in [0.5, 0.6) is 0 Å². The first-order valence-corrected chi connectivity index (χ1v) is 11.8. The molecule has 0 bridgehead atoms. The SMILES string of the molecule is O=C(CCCN1C(=O)c2ccccc2C1=O)N1CCOCCOCCOCCOCCOCC1. The van der Waals surface area contributed by atoms with E-state index in [1.807, 2.05) is 0 Å². The van der Waals surface area contributed by atoms with E-state index in [4.69, 9.17) is 23.7 Å². The molecule has 1 fully saturated rings.